The lowest BCUT2D eigenvalue weighted by Gasteiger charge is -2.27. The summed E-state index contributed by atoms with van der Waals surface area (Å²) >= 11 is 3.39. The van der Waals surface area contributed by atoms with Crippen molar-refractivity contribution in [3.63, 3.8) is 0 Å². The van der Waals surface area contributed by atoms with E-state index in [0.717, 1.165) is 24.8 Å². The molecule has 2 heterocycles. The van der Waals surface area contributed by atoms with Gasteiger partial charge in [0, 0.05) is 17.7 Å². The normalized spacial score (nSPS) is 15.4. The lowest BCUT2D eigenvalue weighted by atomic mass is 9.95. The van der Waals surface area contributed by atoms with E-state index >= 15 is 0 Å². The van der Waals surface area contributed by atoms with Gasteiger partial charge in [0.2, 0.25) is 0 Å². The summed E-state index contributed by atoms with van der Waals surface area (Å²) in [7, 11) is 1.49. The largest absolute Gasteiger partial charge is 0.507 e. The zero-order valence-corrected chi connectivity index (χ0v) is 18.9. The molecule has 0 saturated heterocycles. The van der Waals surface area contributed by atoms with E-state index < -0.39 is 6.04 Å². The molecule has 1 amide bonds. The van der Waals surface area contributed by atoms with Crippen molar-refractivity contribution in [1.82, 2.24) is 15.1 Å². The van der Waals surface area contributed by atoms with Crippen LogP contribution in [0.1, 0.15) is 53.8 Å². The SMILES string of the molecule is CCCCCN1C(=O)c2[nH]nc(-c3ccccc3O)c2C1c1cc(Br)c(O)c(OC)c1. The van der Waals surface area contributed by atoms with Crippen molar-refractivity contribution in [2.24, 2.45) is 0 Å². The molecule has 3 aromatic rings. The van der Waals surface area contributed by atoms with Gasteiger partial charge in [-0.2, -0.15) is 5.10 Å². The fraction of sp³-hybridized carbons (Fsp3) is 0.304. The molecule has 0 bridgehead atoms. The molecule has 0 radical (unpaired) electrons. The zero-order valence-electron chi connectivity index (χ0n) is 17.4. The summed E-state index contributed by atoms with van der Waals surface area (Å²) < 4.78 is 5.82. The molecule has 0 fully saturated rings. The van der Waals surface area contributed by atoms with Crippen molar-refractivity contribution < 1.29 is 19.7 Å². The monoisotopic (exact) mass is 485 g/mol. The molecule has 4 rings (SSSR count). The second-order valence-electron chi connectivity index (χ2n) is 7.54. The van der Waals surface area contributed by atoms with Crippen LogP contribution >= 0.6 is 15.9 Å². The molecular weight excluding hydrogens is 462 g/mol. The standard InChI is InChI=1S/C23H24BrN3O4/c1-3-4-7-10-27-21(13-11-15(24)22(29)17(12-13)31-2)18-19(25-26-20(18)23(27)30)14-8-5-6-9-16(14)28/h5-6,8-9,11-12,21,28-29H,3-4,7,10H2,1-2H3,(H,25,26). The first-order valence-corrected chi connectivity index (χ1v) is 11.0. The third kappa shape index (κ3) is 3.65. The maximum Gasteiger partial charge on any atom is 0.273 e. The maximum atomic E-state index is 13.3. The second-order valence-corrected chi connectivity index (χ2v) is 8.39. The van der Waals surface area contributed by atoms with Gasteiger partial charge in [-0.1, -0.05) is 31.9 Å². The van der Waals surface area contributed by atoms with Gasteiger partial charge in [0.05, 0.1) is 17.6 Å². The number of benzene rings is 2. The Hall–Kier alpha value is -3.00. The number of phenolic OH excluding ortho intramolecular Hbond substituents is 2. The number of fused-ring (bicyclic) bond motifs is 1. The summed E-state index contributed by atoms with van der Waals surface area (Å²) in [5, 5.41) is 28.0. The van der Waals surface area contributed by atoms with Crippen LogP contribution in [0, 0.1) is 0 Å². The Morgan fingerprint density at radius 3 is 2.71 bits per heavy atom. The van der Waals surface area contributed by atoms with Crippen molar-refractivity contribution in [3.05, 3.63) is 57.7 Å². The fourth-order valence-corrected chi connectivity index (χ4v) is 4.55. The number of hydrogen-bond acceptors (Lipinski definition) is 5. The Morgan fingerprint density at radius 2 is 2.00 bits per heavy atom. The number of halogens is 1. The molecule has 0 spiro atoms. The molecule has 0 aliphatic carbocycles. The van der Waals surface area contributed by atoms with E-state index in [0.29, 0.717) is 39.3 Å². The number of unbranched alkanes of at least 4 members (excludes halogenated alkanes) is 2. The molecule has 2 aromatic carbocycles. The molecule has 1 unspecified atom stereocenters. The Balaban J connectivity index is 1.89. The minimum Gasteiger partial charge on any atom is -0.507 e. The van der Waals surface area contributed by atoms with Crippen molar-refractivity contribution in [2.75, 3.05) is 13.7 Å². The number of aromatic amines is 1. The zero-order chi connectivity index (χ0) is 22.1. The van der Waals surface area contributed by atoms with Gasteiger partial charge in [0.1, 0.15) is 17.1 Å². The Bertz CT molecular complexity index is 1130. The highest BCUT2D eigenvalue weighted by molar-refractivity contribution is 9.10. The van der Waals surface area contributed by atoms with E-state index in [1.807, 2.05) is 11.0 Å². The van der Waals surface area contributed by atoms with Gasteiger partial charge < -0.3 is 19.8 Å². The Labute approximate surface area is 188 Å². The number of phenols is 2. The number of methoxy groups -OCH3 is 1. The van der Waals surface area contributed by atoms with E-state index in [2.05, 4.69) is 33.1 Å². The van der Waals surface area contributed by atoms with Gasteiger partial charge in [-0.05, 0) is 52.2 Å². The van der Waals surface area contributed by atoms with E-state index in [1.165, 1.54) is 7.11 Å². The van der Waals surface area contributed by atoms with E-state index in [4.69, 9.17) is 4.74 Å². The summed E-state index contributed by atoms with van der Waals surface area (Å²) in [6, 6.07) is 10.0. The molecule has 1 aliphatic rings. The number of nitrogens with one attached hydrogen (secondary N) is 1. The van der Waals surface area contributed by atoms with Crippen molar-refractivity contribution in [2.45, 2.75) is 32.2 Å². The number of hydrogen-bond donors (Lipinski definition) is 3. The minimum absolute atomic E-state index is 0.00134. The molecule has 31 heavy (non-hydrogen) atoms. The first kappa shape index (κ1) is 21.2. The molecule has 0 saturated carbocycles. The number of para-hydroxylation sites is 1. The van der Waals surface area contributed by atoms with Gasteiger partial charge in [-0.25, -0.2) is 0 Å². The molecule has 1 atom stereocenters. The first-order chi connectivity index (χ1) is 15.0. The molecule has 8 heteroatoms. The van der Waals surface area contributed by atoms with Crippen LogP contribution in [0.15, 0.2) is 40.9 Å². The average Bonchev–Trinajstić information content (AvgIpc) is 3.30. The average molecular weight is 486 g/mol. The Kier molecular flexibility index (Phi) is 5.91. The quantitative estimate of drug-likeness (QED) is 0.409. The number of rotatable bonds is 7. The number of aromatic nitrogens is 2. The first-order valence-electron chi connectivity index (χ1n) is 10.2. The highest BCUT2D eigenvalue weighted by atomic mass is 79.9. The third-order valence-corrected chi connectivity index (χ3v) is 6.22. The predicted molar refractivity (Wildman–Crippen MR) is 120 cm³/mol. The van der Waals surface area contributed by atoms with E-state index in [1.54, 1.807) is 30.3 Å². The number of carbonyl (C=O) groups is 1. The molecule has 3 N–H and O–H groups in total. The van der Waals surface area contributed by atoms with Gasteiger partial charge >= 0.3 is 0 Å². The van der Waals surface area contributed by atoms with Crippen LogP contribution in [0.3, 0.4) is 0 Å². The number of nitrogens with zero attached hydrogens (tertiary/aromatic N) is 2. The van der Waals surface area contributed by atoms with Crippen LogP contribution < -0.4 is 4.74 Å². The molecule has 1 aromatic heterocycles. The van der Waals surface area contributed by atoms with Crippen LogP contribution in [0.4, 0.5) is 0 Å². The van der Waals surface area contributed by atoms with Crippen LogP contribution in [-0.2, 0) is 0 Å². The molecular formula is C23H24BrN3O4. The highest BCUT2D eigenvalue weighted by Gasteiger charge is 2.42. The molecule has 1 aliphatic heterocycles. The van der Waals surface area contributed by atoms with E-state index in [9.17, 15) is 15.0 Å². The number of amides is 1. The summed E-state index contributed by atoms with van der Waals surface area (Å²) in [6.07, 6.45) is 2.93. The number of ether oxygens (including phenoxy) is 1. The lowest BCUT2D eigenvalue weighted by molar-refractivity contribution is 0.0740. The summed E-state index contributed by atoms with van der Waals surface area (Å²) in [5.74, 6) is 0.276. The lowest BCUT2D eigenvalue weighted by Crippen LogP contribution is -2.30. The van der Waals surface area contributed by atoms with Crippen molar-refractivity contribution in [3.8, 4) is 28.5 Å². The Morgan fingerprint density at radius 1 is 1.23 bits per heavy atom. The van der Waals surface area contributed by atoms with Crippen molar-refractivity contribution >= 4 is 21.8 Å². The topological polar surface area (TPSA) is 98.7 Å². The number of H-pyrrole nitrogens is 1. The maximum absolute atomic E-state index is 13.3. The van der Waals surface area contributed by atoms with Gasteiger partial charge in [0.25, 0.3) is 5.91 Å². The smallest absolute Gasteiger partial charge is 0.273 e. The number of carbonyl (C=O) groups excluding carboxylic acids is 1. The van der Waals surface area contributed by atoms with Gasteiger partial charge in [0.15, 0.2) is 11.5 Å². The van der Waals surface area contributed by atoms with Gasteiger partial charge in [-0.15, -0.1) is 0 Å². The summed E-state index contributed by atoms with van der Waals surface area (Å²) in [5.41, 5.74) is 3.00. The van der Waals surface area contributed by atoms with E-state index in [-0.39, 0.29) is 17.4 Å². The highest BCUT2D eigenvalue weighted by Crippen LogP contribution is 2.47. The summed E-state index contributed by atoms with van der Waals surface area (Å²) in [4.78, 5) is 15.1. The van der Waals surface area contributed by atoms with Crippen molar-refractivity contribution in [1.29, 1.82) is 0 Å². The second kappa shape index (κ2) is 8.63. The van der Waals surface area contributed by atoms with Crippen LogP contribution in [0.5, 0.6) is 17.2 Å². The summed E-state index contributed by atoms with van der Waals surface area (Å²) in [6.45, 7) is 2.70. The third-order valence-electron chi connectivity index (χ3n) is 5.61. The fourth-order valence-electron chi connectivity index (χ4n) is 4.09. The molecule has 162 valence electrons. The number of aromatic hydroxyl groups is 2. The molecule has 7 nitrogen and oxygen atoms in total. The van der Waals surface area contributed by atoms with Crippen LogP contribution in [0.2, 0.25) is 0 Å². The van der Waals surface area contributed by atoms with Crippen LogP contribution in [-0.4, -0.2) is 44.9 Å². The van der Waals surface area contributed by atoms with Gasteiger partial charge in [-0.3, -0.25) is 9.89 Å². The predicted octanol–water partition coefficient (Wildman–Crippen LogP) is 4.99. The minimum atomic E-state index is -0.432. The van der Waals surface area contributed by atoms with Crippen LogP contribution in [0.25, 0.3) is 11.3 Å².